The van der Waals surface area contributed by atoms with Crippen molar-refractivity contribution < 1.29 is 8.78 Å². The zero-order valence-electron chi connectivity index (χ0n) is 14.1. The van der Waals surface area contributed by atoms with E-state index in [1.165, 1.54) is 6.07 Å². The Bertz CT molecular complexity index is 941. The van der Waals surface area contributed by atoms with Crippen molar-refractivity contribution in [1.29, 1.82) is 15.8 Å². The summed E-state index contributed by atoms with van der Waals surface area (Å²) < 4.78 is 28.0. The van der Waals surface area contributed by atoms with E-state index in [1.54, 1.807) is 0 Å². The first-order chi connectivity index (χ1) is 12.4. The molecule has 0 saturated carbocycles. The van der Waals surface area contributed by atoms with Gasteiger partial charge in [-0.15, -0.1) is 0 Å². The van der Waals surface area contributed by atoms with E-state index in [0.29, 0.717) is 12.0 Å². The second kappa shape index (κ2) is 6.28. The number of hydrogen-bond acceptors (Lipinski definition) is 4. The van der Waals surface area contributed by atoms with Crippen LogP contribution in [-0.2, 0) is 0 Å². The van der Waals surface area contributed by atoms with Gasteiger partial charge in [0.1, 0.15) is 17.7 Å². The number of nitriles is 3. The topological polar surface area (TPSA) is 97.4 Å². The quantitative estimate of drug-likeness (QED) is 0.833. The van der Waals surface area contributed by atoms with Crippen molar-refractivity contribution >= 4 is 0 Å². The highest BCUT2D eigenvalue weighted by Crippen LogP contribution is 2.56. The molecule has 26 heavy (non-hydrogen) atoms. The maximum Gasteiger partial charge on any atom is 0.191 e. The molecular weight excluding hydrogens is 334 g/mol. The fraction of sp³-hybridized carbons (Fsp3) is 0.350. The third-order valence-corrected chi connectivity index (χ3v) is 5.41. The van der Waals surface area contributed by atoms with Gasteiger partial charge in [-0.05, 0) is 41.9 Å². The first-order valence-corrected chi connectivity index (χ1v) is 8.27. The standard InChI is InChI=1S/C20H16F2N4/c1-11-2-4-13-15(6-11)18(14-5-3-12(21)7-17(14)22)20(9-24,10-25)19(26)16(13)8-23/h3-5,7,11,15,18H,2,6,26H2,1H3. The second-order valence-corrected chi connectivity index (χ2v) is 6.92. The zero-order valence-corrected chi connectivity index (χ0v) is 14.1. The van der Waals surface area contributed by atoms with E-state index in [2.05, 4.69) is 0 Å². The van der Waals surface area contributed by atoms with Crippen LogP contribution in [0, 0.1) is 62.9 Å². The number of nitrogens with zero attached hydrogens (tertiary/aromatic N) is 3. The summed E-state index contributed by atoms with van der Waals surface area (Å²) in [4.78, 5) is 0. The molecule has 3 rings (SSSR count). The molecule has 1 aromatic carbocycles. The van der Waals surface area contributed by atoms with Crippen molar-refractivity contribution in [2.24, 2.45) is 23.0 Å². The molecule has 0 radical (unpaired) electrons. The first-order valence-electron chi connectivity index (χ1n) is 8.27. The van der Waals surface area contributed by atoms with Gasteiger partial charge in [0.15, 0.2) is 5.41 Å². The van der Waals surface area contributed by atoms with Crippen molar-refractivity contribution in [2.75, 3.05) is 0 Å². The highest BCUT2D eigenvalue weighted by molar-refractivity contribution is 5.59. The van der Waals surface area contributed by atoms with Gasteiger partial charge >= 0.3 is 0 Å². The normalized spacial score (nSPS) is 26.8. The Morgan fingerprint density at radius 1 is 1.19 bits per heavy atom. The molecule has 6 heteroatoms. The lowest BCUT2D eigenvalue weighted by Crippen LogP contribution is -2.43. The van der Waals surface area contributed by atoms with Crippen LogP contribution >= 0.6 is 0 Å². The molecule has 1 aromatic rings. The summed E-state index contributed by atoms with van der Waals surface area (Å²) in [6.07, 6.45) is 3.20. The van der Waals surface area contributed by atoms with E-state index >= 15 is 0 Å². The molecule has 2 N–H and O–H groups in total. The summed E-state index contributed by atoms with van der Waals surface area (Å²) in [6, 6.07) is 9.00. The first kappa shape index (κ1) is 17.6. The van der Waals surface area contributed by atoms with E-state index in [9.17, 15) is 24.6 Å². The van der Waals surface area contributed by atoms with Crippen molar-refractivity contribution in [3.05, 3.63) is 58.3 Å². The van der Waals surface area contributed by atoms with Crippen LogP contribution in [0.15, 0.2) is 41.1 Å². The van der Waals surface area contributed by atoms with Crippen LogP contribution in [0.2, 0.25) is 0 Å². The summed E-state index contributed by atoms with van der Waals surface area (Å²) in [5.74, 6) is -2.65. The Labute approximate surface area is 150 Å². The Morgan fingerprint density at radius 2 is 1.88 bits per heavy atom. The smallest absolute Gasteiger partial charge is 0.191 e. The minimum absolute atomic E-state index is 0.0689. The van der Waals surface area contributed by atoms with Crippen LogP contribution in [-0.4, -0.2) is 0 Å². The summed E-state index contributed by atoms with van der Waals surface area (Å²) in [6.45, 7) is 2.01. The van der Waals surface area contributed by atoms with Crippen molar-refractivity contribution in [1.82, 2.24) is 0 Å². The minimum Gasteiger partial charge on any atom is -0.399 e. The van der Waals surface area contributed by atoms with Crippen LogP contribution in [0.5, 0.6) is 0 Å². The highest BCUT2D eigenvalue weighted by Gasteiger charge is 2.54. The summed E-state index contributed by atoms with van der Waals surface area (Å²) >= 11 is 0. The molecule has 0 fully saturated rings. The zero-order chi connectivity index (χ0) is 19.1. The van der Waals surface area contributed by atoms with E-state index in [0.717, 1.165) is 18.6 Å². The fourth-order valence-corrected chi connectivity index (χ4v) is 4.17. The number of halogens is 2. The fourth-order valence-electron chi connectivity index (χ4n) is 4.17. The van der Waals surface area contributed by atoms with Crippen LogP contribution < -0.4 is 5.73 Å². The number of rotatable bonds is 1. The average Bonchev–Trinajstić information content (AvgIpc) is 2.62. The van der Waals surface area contributed by atoms with E-state index in [-0.39, 0.29) is 22.8 Å². The van der Waals surface area contributed by atoms with Crippen LogP contribution in [0.3, 0.4) is 0 Å². The van der Waals surface area contributed by atoms with Gasteiger partial charge in [-0.25, -0.2) is 8.78 Å². The molecule has 2 aliphatic rings. The molecule has 3 unspecified atom stereocenters. The monoisotopic (exact) mass is 350 g/mol. The third-order valence-electron chi connectivity index (χ3n) is 5.41. The molecule has 0 bridgehead atoms. The SMILES string of the molecule is CC1CC=C2C(C#N)=C(N)C(C#N)(C#N)C(c3ccc(F)cc3F)C2C1. The number of benzene rings is 1. The minimum atomic E-state index is -1.89. The lowest BCUT2D eigenvalue weighted by atomic mass is 9.56. The highest BCUT2D eigenvalue weighted by atomic mass is 19.1. The van der Waals surface area contributed by atoms with Crippen LogP contribution in [0.4, 0.5) is 8.78 Å². The number of hydrogen-bond donors (Lipinski definition) is 1. The predicted molar refractivity (Wildman–Crippen MR) is 89.6 cm³/mol. The molecule has 0 heterocycles. The second-order valence-electron chi connectivity index (χ2n) is 6.92. The van der Waals surface area contributed by atoms with Gasteiger partial charge in [0, 0.05) is 12.0 Å². The predicted octanol–water partition coefficient (Wildman–Crippen LogP) is 3.80. The molecule has 2 aliphatic carbocycles. The van der Waals surface area contributed by atoms with E-state index in [1.807, 2.05) is 31.2 Å². The Balaban J connectivity index is 2.36. The van der Waals surface area contributed by atoms with Crippen LogP contribution in [0.25, 0.3) is 0 Å². The van der Waals surface area contributed by atoms with Crippen molar-refractivity contribution in [2.45, 2.75) is 25.7 Å². The van der Waals surface area contributed by atoms with Gasteiger partial charge in [0.25, 0.3) is 0 Å². The number of nitrogens with two attached hydrogens (primary N) is 1. The van der Waals surface area contributed by atoms with E-state index < -0.39 is 28.9 Å². The molecule has 0 amide bonds. The maximum absolute atomic E-state index is 14.6. The molecule has 130 valence electrons. The van der Waals surface area contributed by atoms with Gasteiger partial charge in [0.2, 0.25) is 0 Å². The lowest BCUT2D eigenvalue weighted by molar-refractivity contribution is 0.278. The molecule has 0 aromatic heterocycles. The van der Waals surface area contributed by atoms with Crippen molar-refractivity contribution in [3.63, 3.8) is 0 Å². The molecule has 0 saturated heterocycles. The molecule has 4 nitrogen and oxygen atoms in total. The lowest BCUT2D eigenvalue weighted by Gasteiger charge is -2.44. The number of allylic oxidation sites excluding steroid dienone is 4. The molecule has 0 spiro atoms. The average molecular weight is 350 g/mol. The largest absolute Gasteiger partial charge is 0.399 e. The van der Waals surface area contributed by atoms with Gasteiger partial charge in [0.05, 0.1) is 23.4 Å². The third kappa shape index (κ3) is 2.37. The Morgan fingerprint density at radius 3 is 2.46 bits per heavy atom. The maximum atomic E-state index is 14.6. The van der Waals surface area contributed by atoms with Gasteiger partial charge in [-0.3, -0.25) is 0 Å². The Kier molecular flexibility index (Phi) is 4.26. The molecule has 3 atom stereocenters. The van der Waals surface area contributed by atoms with Gasteiger partial charge < -0.3 is 5.73 Å². The van der Waals surface area contributed by atoms with Crippen LogP contribution in [0.1, 0.15) is 31.2 Å². The van der Waals surface area contributed by atoms with Gasteiger partial charge in [-0.2, -0.15) is 15.8 Å². The summed E-state index contributed by atoms with van der Waals surface area (Å²) in [7, 11) is 0. The molecular formula is C20H16F2N4. The van der Waals surface area contributed by atoms with E-state index in [4.69, 9.17) is 5.73 Å². The summed E-state index contributed by atoms with van der Waals surface area (Å²) in [5, 5.41) is 29.3. The number of fused-ring (bicyclic) bond motifs is 1. The Hall–Kier alpha value is -3.17. The van der Waals surface area contributed by atoms with Crippen molar-refractivity contribution in [3.8, 4) is 18.2 Å². The van der Waals surface area contributed by atoms with Gasteiger partial charge in [-0.1, -0.05) is 19.1 Å². The molecule has 0 aliphatic heterocycles. The summed E-state index contributed by atoms with van der Waals surface area (Å²) in [5.41, 5.74) is 4.92.